The summed E-state index contributed by atoms with van der Waals surface area (Å²) in [6.45, 7) is 8.82. The van der Waals surface area contributed by atoms with Crippen molar-refractivity contribution in [1.82, 2.24) is 28.7 Å². The van der Waals surface area contributed by atoms with Crippen molar-refractivity contribution in [2.75, 3.05) is 0 Å². The van der Waals surface area contributed by atoms with Crippen LogP contribution in [0.2, 0.25) is 0 Å². The van der Waals surface area contributed by atoms with Crippen LogP contribution in [-0.2, 0) is 5.41 Å². The standard InChI is InChI=1S/C38H32N6S/c1-25-10-8-15-33-36(25)41-37-43(33)32-17-16-31(22-34(32)44(37)35-20-28(18-19-39-35)38(2,3)4)45-30-14-9-13-29(21-30)42-24-27(23-40-42)26-11-6-5-7-12-26/h5-24H,1-4H3. The Morgan fingerprint density at radius 2 is 1.53 bits per heavy atom. The first-order valence-corrected chi connectivity index (χ1v) is 15.9. The molecule has 0 bridgehead atoms. The fourth-order valence-corrected chi connectivity index (χ4v) is 6.86. The lowest BCUT2D eigenvalue weighted by Crippen LogP contribution is -2.12. The highest BCUT2D eigenvalue weighted by molar-refractivity contribution is 7.99. The lowest BCUT2D eigenvalue weighted by atomic mass is 9.88. The van der Waals surface area contributed by atoms with E-state index in [2.05, 4.69) is 145 Å². The van der Waals surface area contributed by atoms with Crippen LogP contribution < -0.4 is 0 Å². The molecule has 0 radical (unpaired) electrons. The largest absolute Gasteiger partial charge is 0.276 e. The van der Waals surface area contributed by atoms with Gasteiger partial charge < -0.3 is 0 Å². The Morgan fingerprint density at radius 3 is 2.38 bits per heavy atom. The molecule has 8 rings (SSSR count). The SMILES string of the molecule is Cc1cccc2c1nc1n(-c3cc(C(C)(C)C)ccn3)c3cc(Sc4cccc(-n5cc(-c6ccccc6)cn5)c4)ccc3n21. The fourth-order valence-electron chi connectivity index (χ4n) is 5.96. The summed E-state index contributed by atoms with van der Waals surface area (Å²) in [5.74, 6) is 1.73. The number of pyridine rings is 1. The van der Waals surface area contributed by atoms with Crippen molar-refractivity contribution in [3.05, 3.63) is 133 Å². The molecule has 0 atom stereocenters. The molecule has 0 saturated carbocycles. The molecule has 0 saturated heterocycles. The van der Waals surface area contributed by atoms with Gasteiger partial charge in [-0.2, -0.15) is 5.10 Å². The highest BCUT2D eigenvalue weighted by atomic mass is 32.2. The van der Waals surface area contributed by atoms with Gasteiger partial charge in [0.05, 0.1) is 34.0 Å². The number of benzene rings is 4. The minimum Gasteiger partial charge on any atom is -0.276 e. The topological polar surface area (TPSA) is 52.9 Å². The molecule has 4 aromatic carbocycles. The molecule has 0 N–H and O–H groups in total. The van der Waals surface area contributed by atoms with E-state index < -0.39 is 0 Å². The van der Waals surface area contributed by atoms with Crippen LogP contribution in [0.15, 0.2) is 132 Å². The van der Waals surface area contributed by atoms with E-state index in [1.54, 1.807) is 11.8 Å². The third-order valence-corrected chi connectivity index (χ3v) is 9.33. The maximum absolute atomic E-state index is 5.17. The maximum atomic E-state index is 5.17. The first-order chi connectivity index (χ1) is 21.8. The Kier molecular flexibility index (Phi) is 6.39. The molecular weight excluding hydrogens is 573 g/mol. The molecule has 7 heteroatoms. The van der Waals surface area contributed by atoms with Crippen LogP contribution in [0.5, 0.6) is 0 Å². The van der Waals surface area contributed by atoms with Gasteiger partial charge in [0.1, 0.15) is 5.82 Å². The van der Waals surface area contributed by atoms with Gasteiger partial charge in [0.15, 0.2) is 0 Å². The number of aryl methyl sites for hydroxylation is 1. The fraction of sp³-hybridized carbons (Fsp3) is 0.132. The minimum atomic E-state index is -0.00385. The molecule has 6 nitrogen and oxygen atoms in total. The van der Waals surface area contributed by atoms with Gasteiger partial charge >= 0.3 is 0 Å². The molecular formula is C38H32N6S. The maximum Gasteiger partial charge on any atom is 0.221 e. The Hall–Kier alpha value is -5.14. The lowest BCUT2D eigenvalue weighted by molar-refractivity contribution is 0.588. The first-order valence-electron chi connectivity index (χ1n) is 15.1. The Morgan fingerprint density at radius 1 is 0.711 bits per heavy atom. The first kappa shape index (κ1) is 27.4. The average molecular weight is 605 g/mol. The summed E-state index contributed by atoms with van der Waals surface area (Å²) in [6, 6.07) is 36.2. The molecule has 0 aliphatic carbocycles. The third kappa shape index (κ3) is 4.80. The van der Waals surface area contributed by atoms with Gasteiger partial charge in [0, 0.05) is 27.7 Å². The van der Waals surface area contributed by atoms with E-state index in [4.69, 9.17) is 9.97 Å². The highest BCUT2D eigenvalue weighted by Crippen LogP contribution is 2.36. The molecule has 4 heterocycles. The number of imidazole rings is 2. The van der Waals surface area contributed by atoms with E-state index in [1.807, 2.05) is 23.1 Å². The van der Waals surface area contributed by atoms with Crippen LogP contribution in [0.3, 0.4) is 0 Å². The van der Waals surface area contributed by atoms with Gasteiger partial charge in [-0.15, -0.1) is 0 Å². The van der Waals surface area contributed by atoms with Gasteiger partial charge in [0.25, 0.3) is 0 Å². The predicted octanol–water partition coefficient (Wildman–Crippen LogP) is 9.44. The Labute approximate surface area is 266 Å². The zero-order valence-corrected chi connectivity index (χ0v) is 26.5. The molecule has 220 valence electrons. The van der Waals surface area contributed by atoms with E-state index in [9.17, 15) is 0 Å². The second-order valence-electron chi connectivity index (χ2n) is 12.5. The normalized spacial score (nSPS) is 12.1. The third-order valence-electron chi connectivity index (χ3n) is 8.35. The van der Waals surface area contributed by atoms with Crippen LogP contribution in [0.4, 0.5) is 0 Å². The minimum absolute atomic E-state index is 0.00385. The zero-order chi connectivity index (χ0) is 30.7. The zero-order valence-electron chi connectivity index (χ0n) is 25.6. The van der Waals surface area contributed by atoms with Gasteiger partial charge in [-0.05, 0) is 83.6 Å². The molecule has 8 aromatic rings. The average Bonchev–Trinajstić information content (AvgIpc) is 3.76. The van der Waals surface area contributed by atoms with Crippen LogP contribution in [0.1, 0.15) is 31.9 Å². The molecule has 4 aromatic heterocycles. The van der Waals surface area contributed by atoms with Gasteiger partial charge in [-0.1, -0.05) is 81.1 Å². The van der Waals surface area contributed by atoms with Crippen LogP contribution >= 0.6 is 11.8 Å². The number of hydrogen-bond acceptors (Lipinski definition) is 4. The van der Waals surface area contributed by atoms with Crippen LogP contribution in [0.25, 0.3) is 50.5 Å². The van der Waals surface area contributed by atoms with Crippen molar-refractivity contribution in [2.45, 2.75) is 42.9 Å². The van der Waals surface area contributed by atoms with Gasteiger partial charge in [-0.25, -0.2) is 14.6 Å². The summed E-state index contributed by atoms with van der Waals surface area (Å²) < 4.78 is 6.41. The second-order valence-corrected chi connectivity index (χ2v) is 13.6. The number of rotatable bonds is 5. The van der Waals surface area contributed by atoms with E-state index >= 15 is 0 Å². The Balaban J connectivity index is 1.23. The highest BCUT2D eigenvalue weighted by Gasteiger charge is 2.21. The van der Waals surface area contributed by atoms with Crippen LogP contribution in [0, 0.1) is 6.92 Å². The number of fused-ring (bicyclic) bond motifs is 5. The molecule has 0 unspecified atom stereocenters. The predicted molar refractivity (Wildman–Crippen MR) is 184 cm³/mol. The van der Waals surface area contributed by atoms with Gasteiger partial charge in [0.2, 0.25) is 5.78 Å². The van der Waals surface area contributed by atoms with Crippen molar-refractivity contribution in [3.8, 4) is 22.6 Å². The van der Waals surface area contributed by atoms with Crippen molar-refractivity contribution >= 4 is 39.6 Å². The number of para-hydroxylation sites is 1. The summed E-state index contributed by atoms with van der Waals surface area (Å²) in [7, 11) is 0. The van der Waals surface area contributed by atoms with Crippen molar-refractivity contribution < 1.29 is 0 Å². The lowest BCUT2D eigenvalue weighted by Gasteiger charge is -2.19. The number of hydrogen-bond donors (Lipinski definition) is 0. The molecule has 0 fully saturated rings. The van der Waals surface area contributed by atoms with E-state index in [1.165, 1.54) is 5.56 Å². The quantitative estimate of drug-likeness (QED) is 0.196. The second kappa shape index (κ2) is 10.5. The van der Waals surface area contributed by atoms with Crippen molar-refractivity contribution in [1.29, 1.82) is 0 Å². The number of aromatic nitrogens is 6. The van der Waals surface area contributed by atoms with E-state index in [-0.39, 0.29) is 5.41 Å². The summed E-state index contributed by atoms with van der Waals surface area (Å²) >= 11 is 1.74. The molecule has 0 aliphatic rings. The monoisotopic (exact) mass is 604 g/mol. The number of nitrogens with zero attached hydrogens (tertiary/aromatic N) is 6. The van der Waals surface area contributed by atoms with Crippen LogP contribution in [-0.4, -0.2) is 28.7 Å². The van der Waals surface area contributed by atoms with E-state index in [0.717, 1.165) is 65.8 Å². The smallest absolute Gasteiger partial charge is 0.221 e. The Bertz CT molecular complexity index is 2350. The molecule has 0 spiro atoms. The molecule has 0 amide bonds. The van der Waals surface area contributed by atoms with Crippen molar-refractivity contribution in [2.24, 2.45) is 0 Å². The van der Waals surface area contributed by atoms with Gasteiger partial charge in [-0.3, -0.25) is 8.97 Å². The summed E-state index contributed by atoms with van der Waals surface area (Å²) in [5.41, 5.74) is 9.94. The summed E-state index contributed by atoms with van der Waals surface area (Å²) in [5, 5.41) is 4.66. The van der Waals surface area contributed by atoms with E-state index in [0.29, 0.717) is 0 Å². The molecule has 45 heavy (non-hydrogen) atoms. The molecule has 0 aliphatic heterocycles. The summed E-state index contributed by atoms with van der Waals surface area (Å²) in [4.78, 5) is 12.3. The summed E-state index contributed by atoms with van der Waals surface area (Å²) in [6.07, 6.45) is 5.91. The van der Waals surface area contributed by atoms with Crippen molar-refractivity contribution in [3.63, 3.8) is 0 Å².